The fourth-order valence-corrected chi connectivity index (χ4v) is 7.37. The molecule has 0 bridgehead atoms. The lowest BCUT2D eigenvalue weighted by Crippen LogP contribution is -2.41. The zero-order chi connectivity index (χ0) is 39.8. The predicted octanol–water partition coefficient (Wildman–Crippen LogP) is 7.14. The molecule has 2 heterocycles. The molecule has 56 heavy (non-hydrogen) atoms. The zero-order valence-electron chi connectivity index (χ0n) is 32.3. The number of unbranched alkanes of at least 4 members (excludes halogenated alkanes) is 6. The van der Waals surface area contributed by atoms with Gasteiger partial charge in [-0.15, -0.1) is 12.3 Å². The standard InChI is InChI=1S/C45H52N4O7/c1-4-5-6-7-8-9-10-14-19-41(50)47-30-34-31-48-44(52)49(43(34)51)42-29-33(16-15-28-46)40(56-42)32-55-45(35-17-12-11-13-18-35,36-20-24-38(53-2)25-21-36)37-22-26-39(54-3)27-23-37/h1,11-13,17-18,20-27,31,33,40,42H,5-10,14-16,19,29-30,32H2,2-3H3,(H,47,50)(H,48,52). The highest BCUT2D eigenvalue weighted by Crippen LogP contribution is 2.43. The SMILES string of the molecule is C#CCCCCCCCCC(=O)NCc1c[nH]c(=O)n(C2CC(CCC#N)C(COC(c3ccccc3)(c3ccc(OC)cc3)c3ccc(OC)cc3)O2)c1=O. The molecule has 0 radical (unpaired) electrons. The Hall–Kier alpha value is -5.62. The molecule has 1 aromatic heterocycles. The van der Waals surface area contributed by atoms with Crippen LogP contribution in [0.15, 0.2) is 94.6 Å². The monoisotopic (exact) mass is 760 g/mol. The highest BCUT2D eigenvalue weighted by Gasteiger charge is 2.42. The normalized spacial score (nSPS) is 16.5. The number of aromatic nitrogens is 2. The summed E-state index contributed by atoms with van der Waals surface area (Å²) in [6, 6.07) is 27.5. The number of carbonyl (C=O) groups excluding carboxylic acids is 1. The van der Waals surface area contributed by atoms with Crippen molar-refractivity contribution in [3.8, 4) is 29.9 Å². The van der Waals surface area contributed by atoms with Gasteiger partial charge in [0.1, 0.15) is 23.3 Å². The zero-order valence-corrected chi connectivity index (χ0v) is 32.3. The van der Waals surface area contributed by atoms with Crippen LogP contribution in [0.3, 0.4) is 0 Å². The van der Waals surface area contributed by atoms with Crippen LogP contribution < -0.4 is 26.0 Å². The van der Waals surface area contributed by atoms with Gasteiger partial charge in [0.05, 0.1) is 38.6 Å². The van der Waals surface area contributed by atoms with Crippen LogP contribution in [0.1, 0.15) is 99.1 Å². The Bertz CT molecular complexity index is 2000. The molecule has 11 nitrogen and oxygen atoms in total. The molecular weight excluding hydrogens is 709 g/mol. The number of methoxy groups -OCH3 is 2. The third-order valence-electron chi connectivity index (χ3n) is 10.4. The van der Waals surface area contributed by atoms with E-state index in [1.54, 1.807) is 14.2 Å². The van der Waals surface area contributed by atoms with E-state index in [1.165, 1.54) is 6.20 Å². The topological polar surface area (TPSA) is 145 Å². The molecule has 1 saturated heterocycles. The van der Waals surface area contributed by atoms with Gasteiger partial charge >= 0.3 is 5.69 Å². The highest BCUT2D eigenvalue weighted by molar-refractivity contribution is 5.75. The molecule has 3 unspecified atom stereocenters. The van der Waals surface area contributed by atoms with Gasteiger partial charge in [0.25, 0.3) is 5.56 Å². The minimum absolute atomic E-state index is 0.0268. The second-order valence-corrected chi connectivity index (χ2v) is 14.0. The fraction of sp³-hybridized carbons (Fsp3) is 0.422. The number of H-pyrrole nitrogens is 1. The van der Waals surface area contributed by atoms with E-state index in [0.29, 0.717) is 30.8 Å². The van der Waals surface area contributed by atoms with Crippen molar-refractivity contribution in [2.24, 2.45) is 5.92 Å². The van der Waals surface area contributed by atoms with Crippen molar-refractivity contribution >= 4 is 5.91 Å². The first-order valence-electron chi connectivity index (χ1n) is 19.4. The van der Waals surface area contributed by atoms with E-state index in [4.69, 9.17) is 25.4 Å². The Kier molecular flexibility index (Phi) is 15.5. The number of terminal acetylenes is 1. The number of aromatic amines is 1. The number of nitrogens with one attached hydrogen (secondary N) is 2. The maximum absolute atomic E-state index is 13.8. The quantitative estimate of drug-likeness (QED) is 0.0518. The van der Waals surface area contributed by atoms with Crippen molar-refractivity contribution in [1.29, 1.82) is 5.26 Å². The molecule has 1 aliphatic rings. The smallest absolute Gasteiger partial charge is 0.330 e. The molecule has 294 valence electrons. The number of ether oxygens (including phenoxy) is 4. The summed E-state index contributed by atoms with van der Waals surface area (Å²) in [5.74, 6) is 3.69. The van der Waals surface area contributed by atoms with Crippen LogP contribution in [0.2, 0.25) is 0 Å². The molecule has 0 spiro atoms. The second-order valence-electron chi connectivity index (χ2n) is 14.0. The van der Waals surface area contributed by atoms with Crippen molar-refractivity contribution in [1.82, 2.24) is 14.9 Å². The first kappa shape index (κ1) is 41.5. The summed E-state index contributed by atoms with van der Waals surface area (Å²) >= 11 is 0. The van der Waals surface area contributed by atoms with Gasteiger partial charge in [-0.2, -0.15) is 5.26 Å². The van der Waals surface area contributed by atoms with Crippen LogP contribution in [0.5, 0.6) is 11.5 Å². The average molecular weight is 761 g/mol. The molecule has 1 amide bonds. The van der Waals surface area contributed by atoms with Crippen molar-refractivity contribution in [3.05, 3.63) is 128 Å². The minimum Gasteiger partial charge on any atom is -0.497 e. The third-order valence-corrected chi connectivity index (χ3v) is 10.4. The van der Waals surface area contributed by atoms with Crippen molar-refractivity contribution in [2.45, 2.75) is 95.1 Å². The summed E-state index contributed by atoms with van der Waals surface area (Å²) in [5.41, 5.74) is 0.528. The maximum Gasteiger partial charge on any atom is 0.330 e. The second kappa shape index (κ2) is 20.9. The predicted molar refractivity (Wildman–Crippen MR) is 214 cm³/mol. The Balaban J connectivity index is 1.36. The first-order valence-corrected chi connectivity index (χ1v) is 19.4. The lowest BCUT2D eigenvalue weighted by molar-refractivity contribution is -0.121. The summed E-state index contributed by atoms with van der Waals surface area (Å²) in [6.45, 7) is 0.0494. The molecular formula is C45H52N4O7. The Morgan fingerprint density at radius 1 is 0.893 bits per heavy atom. The molecule has 11 heteroatoms. The van der Waals surface area contributed by atoms with E-state index in [9.17, 15) is 19.6 Å². The van der Waals surface area contributed by atoms with Crippen molar-refractivity contribution in [3.63, 3.8) is 0 Å². The van der Waals surface area contributed by atoms with Gasteiger partial charge < -0.3 is 29.2 Å². The lowest BCUT2D eigenvalue weighted by atomic mass is 9.80. The van der Waals surface area contributed by atoms with E-state index < -0.39 is 29.2 Å². The maximum atomic E-state index is 13.8. The number of rotatable bonds is 21. The summed E-state index contributed by atoms with van der Waals surface area (Å²) < 4.78 is 25.7. The van der Waals surface area contributed by atoms with Gasteiger partial charge in [-0.05, 0) is 72.6 Å². The molecule has 5 rings (SSSR count). The van der Waals surface area contributed by atoms with Gasteiger partial charge in [0.2, 0.25) is 5.91 Å². The average Bonchev–Trinajstić information content (AvgIpc) is 3.63. The molecule has 3 atom stereocenters. The molecule has 2 N–H and O–H groups in total. The van der Waals surface area contributed by atoms with Crippen molar-refractivity contribution < 1.29 is 23.7 Å². The number of benzene rings is 3. The number of hydrogen-bond acceptors (Lipinski definition) is 8. The number of amides is 1. The van der Waals surface area contributed by atoms with Gasteiger partial charge in [-0.3, -0.25) is 9.59 Å². The summed E-state index contributed by atoms with van der Waals surface area (Å²) in [6.07, 6.45) is 13.3. The lowest BCUT2D eigenvalue weighted by Gasteiger charge is -2.37. The fourth-order valence-electron chi connectivity index (χ4n) is 7.37. The van der Waals surface area contributed by atoms with Gasteiger partial charge in [0.15, 0.2) is 0 Å². The summed E-state index contributed by atoms with van der Waals surface area (Å²) in [4.78, 5) is 42.3. The summed E-state index contributed by atoms with van der Waals surface area (Å²) in [7, 11) is 3.23. The molecule has 1 fully saturated rings. The third kappa shape index (κ3) is 10.4. The van der Waals surface area contributed by atoms with Crippen LogP contribution in [0.25, 0.3) is 0 Å². The van der Waals surface area contributed by atoms with Gasteiger partial charge in [-0.1, -0.05) is 80.3 Å². The van der Waals surface area contributed by atoms with Crippen LogP contribution in [-0.4, -0.2) is 42.4 Å². The number of nitriles is 1. The molecule has 0 aliphatic carbocycles. The van der Waals surface area contributed by atoms with E-state index in [-0.39, 0.29) is 37.0 Å². The number of nitrogens with zero attached hydrogens (tertiary/aromatic N) is 2. The van der Waals surface area contributed by atoms with E-state index in [0.717, 1.165) is 66.2 Å². The largest absolute Gasteiger partial charge is 0.497 e. The molecule has 0 saturated carbocycles. The Labute approximate surface area is 329 Å². The summed E-state index contributed by atoms with van der Waals surface area (Å²) in [5, 5.41) is 12.4. The van der Waals surface area contributed by atoms with Crippen LogP contribution >= 0.6 is 0 Å². The van der Waals surface area contributed by atoms with Crippen LogP contribution in [0, 0.1) is 29.6 Å². The van der Waals surface area contributed by atoms with E-state index in [2.05, 4.69) is 22.3 Å². The number of carbonyl (C=O) groups is 1. The Morgan fingerprint density at radius 3 is 2.11 bits per heavy atom. The van der Waals surface area contributed by atoms with Gasteiger partial charge in [-0.25, -0.2) is 9.36 Å². The van der Waals surface area contributed by atoms with Crippen molar-refractivity contribution in [2.75, 3.05) is 20.8 Å². The Morgan fingerprint density at radius 2 is 1.50 bits per heavy atom. The molecule has 4 aromatic rings. The van der Waals surface area contributed by atoms with Crippen LogP contribution in [-0.2, 0) is 26.4 Å². The minimum atomic E-state index is -1.12. The van der Waals surface area contributed by atoms with E-state index in [1.807, 2.05) is 78.9 Å². The van der Waals surface area contributed by atoms with E-state index >= 15 is 0 Å². The number of hydrogen-bond donors (Lipinski definition) is 2. The first-order chi connectivity index (χ1) is 27.3. The van der Waals surface area contributed by atoms with Gasteiger partial charge in [0, 0.05) is 32.0 Å². The molecule has 1 aliphatic heterocycles. The highest BCUT2D eigenvalue weighted by atomic mass is 16.6. The van der Waals surface area contributed by atoms with Crippen LogP contribution in [0.4, 0.5) is 0 Å². The molecule has 3 aromatic carbocycles.